The van der Waals surface area contributed by atoms with Crippen LogP contribution >= 0.6 is 0 Å². The van der Waals surface area contributed by atoms with Gasteiger partial charge in [0.1, 0.15) is 75.8 Å². The van der Waals surface area contributed by atoms with Gasteiger partial charge in [0, 0.05) is 0 Å². The highest BCUT2D eigenvalue weighted by Gasteiger charge is 1.82. The predicted octanol–water partition coefficient (Wildman–Crippen LogP) is 2.54. The summed E-state index contributed by atoms with van der Waals surface area (Å²) in [6.45, 7) is 0.654. The van der Waals surface area contributed by atoms with Crippen molar-refractivity contribution in [3.8, 4) is 0 Å². The summed E-state index contributed by atoms with van der Waals surface area (Å²) < 4.78 is 24.0. The standard InChI is InChI=1S/C12H16O7/c13-1-3-15-5-7-17-9-11-19-12-10-18-8-6-16-4-2-14/h1-9,11,13-14H,10,12H2/b3-1+,4-2+,7-5-,8-6-,11-9-. The van der Waals surface area contributed by atoms with E-state index in [1.807, 2.05) is 0 Å². The number of rotatable bonds is 11. The first-order chi connectivity index (χ1) is 9.41. The fourth-order valence-corrected chi connectivity index (χ4v) is 0.646. The number of aliphatic hydroxyl groups excluding tert-OH is 2. The summed E-state index contributed by atoms with van der Waals surface area (Å²) in [5, 5.41) is 16.4. The van der Waals surface area contributed by atoms with Crippen LogP contribution in [0.15, 0.2) is 62.6 Å². The molecule has 0 aliphatic carbocycles. The van der Waals surface area contributed by atoms with Crippen molar-refractivity contribution in [2.75, 3.05) is 13.2 Å². The molecule has 0 aliphatic rings. The molecule has 0 saturated heterocycles. The molecule has 0 spiro atoms. The summed E-state index contributed by atoms with van der Waals surface area (Å²) in [6.07, 6.45) is 11.4. The van der Waals surface area contributed by atoms with E-state index in [9.17, 15) is 0 Å². The Morgan fingerprint density at radius 3 is 1.32 bits per heavy atom. The van der Waals surface area contributed by atoms with Crippen molar-refractivity contribution in [3.05, 3.63) is 62.6 Å². The second-order valence-corrected chi connectivity index (χ2v) is 2.54. The van der Waals surface area contributed by atoms with Crippen molar-refractivity contribution in [2.24, 2.45) is 0 Å². The average molecular weight is 272 g/mol. The lowest BCUT2D eigenvalue weighted by Gasteiger charge is -2.00. The van der Waals surface area contributed by atoms with E-state index in [0.29, 0.717) is 13.2 Å². The molecule has 0 unspecified atom stereocenters. The first-order valence-corrected chi connectivity index (χ1v) is 5.15. The molecule has 0 aromatic heterocycles. The van der Waals surface area contributed by atoms with Crippen LogP contribution in [0.25, 0.3) is 0 Å². The largest absolute Gasteiger partial charge is 0.512 e. The summed E-state index contributed by atoms with van der Waals surface area (Å²) in [6, 6.07) is 0. The Morgan fingerprint density at radius 2 is 0.895 bits per heavy atom. The topological polar surface area (TPSA) is 86.6 Å². The predicted molar refractivity (Wildman–Crippen MR) is 66.1 cm³/mol. The molecule has 0 heterocycles. The lowest BCUT2D eigenvalue weighted by molar-refractivity contribution is 0.141. The number of hydrogen-bond donors (Lipinski definition) is 2. The van der Waals surface area contributed by atoms with Crippen LogP contribution in [-0.4, -0.2) is 23.4 Å². The normalized spacial score (nSPS) is 12.0. The molecular formula is C12H16O7. The van der Waals surface area contributed by atoms with E-state index in [0.717, 1.165) is 25.0 Å². The summed E-state index contributed by atoms with van der Waals surface area (Å²) in [5.41, 5.74) is 0. The van der Waals surface area contributed by atoms with Gasteiger partial charge in [-0.1, -0.05) is 0 Å². The van der Waals surface area contributed by atoms with Gasteiger partial charge in [0.2, 0.25) is 0 Å². The SMILES string of the molecule is O/C=C/O/C=C\O/C=C\OCCO/C=C\O/C=C/O. The van der Waals surface area contributed by atoms with Crippen molar-refractivity contribution in [3.63, 3.8) is 0 Å². The molecule has 0 atom stereocenters. The third-order valence-corrected chi connectivity index (χ3v) is 1.27. The number of hydrogen-bond acceptors (Lipinski definition) is 7. The zero-order valence-electron chi connectivity index (χ0n) is 10.1. The Kier molecular flexibility index (Phi) is 13.1. The van der Waals surface area contributed by atoms with Crippen LogP contribution in [0.2, 0.25) is 0 Å². The van der Waals surface area contributed by atoms with Crippen LogP contribution < -0.4 is 0 Å². The molecule has 0 aromatic rings. The van der Waals surface area contributed by atoms with E-state index in [-0.39, 0.29) is 0 Å². The highest BCUT2D eigenvalue weighted by molar-refractivity contribution is 4.72. The van der Waals surface area contributed by atoms with Crippen molar-refractivity contribution >= 4 is 0 Å². The van der Waals surface area contributed by atoms with Gasteiger partial charge in [0.05, 0.1) is 0 Å². The fourth-order valence-electron chi connectivity index (χ4n) is 0.646. The molecule has 0 saturated carbocycles. The smallest absolute Gasteiger partial charge is 0.125 e. The van der Waals surface area contributed by atoms with Gasteiger partial charge >= 0.3 is 0 Å². The highest BCUT2D eigenvalue weighted by atomic mass is 16.5. The van der Waals surface area contributed by atoms with E-state index in [1.54, 1.807) is 0 Å². The Bertz CT molecular complexity index is 318. The van der Waals surface area contributed by atoms with Crippen LogP contribution in [0.5, 0.6) is 0 Å². The molecule has 7 heteroatoms. The minimum Gasteiger partial charge on any atom is -0.512 e. The maximum atomic E-state index is 8.22. The molecule has 19 heavy (non-hydrogen) atoms. The Balaban J connectivity index is 3.29. The van der Waals surface area contributed by atoms with Gasteiger partial charge in [-0.2, -0.15) is 0 Å². The Hall–Kier alpha value is -2.70. The zero-order chi connectivity index (χ0) is 14.0. The third kappa shape index (κ3) is 15.3. The monoisotopic (exact) mass is 272 g/mol. The maximum absolute atomic E-state index is 8.22. The van der Waals surface area contributed by atoms with Crippen LogP contribution in [0, 0.1) is 0 Å². The van der Waals surface area contributed by atoms with Gasteiger partial charge in [-0.15, -0.1) is 0 Å². The molecule has 0 aliphatic heterocycles. The van der Waals surface area contributed by atoms with Crippen molar-refractivity contribution < 1.29 is 33.9 Å². The van der Waals surface area contributed by atoms with Crippen LogP contribution in [0.4, 0.5) is 0 Å². The third-order valence-electron chi connectivity index (χ3n) is 1.27. The zero-order valence-corrected chi connectivity index (χ0v) is 10.1. The minimum atomic E-state index is 0.327. The second kappa shape index (κ2) is 15.3. The molecule has 7 nitrogen and oxygen atoms in total. The van der Waals surface area contributed by atoms with Gasteiger partial charge in [-0.25, -0.2) is 0 Å². The van der Waals surface area contributed by atoms with E-state index in [2.05, 4.69) is 9.47 Å². The van der Waals surface area contributed by atoms with Crippen molar-refractivity contribution in [2.45, 2.75) is 0 Å². The molecule has 0 rings (SSSR count). The van der Waals surface area contributed by atoms with Gasteiger partial charge in [0.25, 0.3) is 0 Å². The summed E-state index contributed by atoms with van der Waals surface area (Å²) in [4.78, 5) is 0. The van der Waals surface area contributed by atoms with Gasteiger partial charge in [0.15, 0.2) is 0 Å². The lowest BCUT2D eigenvalue weighted by Crippen LogP contribution is -1.96. The van der Waals surface area contributed by atoms with Crippen molar-refractivity contribution in [1.82, 2.24) is 0 Å². The molecular weight excluding hydrogens is 256 g/mol. The quantitative estimate of drug-likeness (QED) is 0.441. The maximum Gasteiger partial charge on any atom is 0.125 e. The van der Waals surface area contributed by atoms with E-state index < -0.39 is 0 Å². The Labute approximate surface area is 110 Å². The van der Waals surface area contributed by atoms with Gasteiger partial charge in [-0.05, 0) is 0 Å². The highest BCUT2D eigenvalue weighted by Crippen LogP contribution is 1.87. The van der Waals surface area contributed by atoms with E-state index in [4.69, 9.17) is 24.4 Å². The number of aliphatic hydroxyl groups is 2. The molecule has 0 aromatic carbocycles. The molecule has 0 bridgehead atoms. The molecule has 106 valence electrons. The van der Waals surface area contributed by atoms with Crippen LogP contribution in [0.3, 0.4) is 0 Å². The minimum absolute atomic E-state index is 0.327. The van der Waals surface area contributed by atoms with Gasteiger partial charge in [-0.3, -0.25) is 0 Å². The van der Waals surface area contributed by atoms with Gasteiger partial charge < -0.3 is 33.9 Å². The molecule has 2 N–H and O–H groups in total. The number of ether oxygens (including phenoxy) is 5. The molecule has 0 amide bonds. The summed E-state index contributed by atoms with van der Waals surface area (Å²) >= 11 is 0. The van der Waals surface area contributed by atoms with E-state index in [1.165, 1.54) is 37.6 Å². The first kappa shape index (κ1) is 16.3. The Morgan fingerprint density at radius 1 is 0.526 bits per heavy atom. The van der Waals surface area contributed by atoms with Crippen LogP contribution in [0.1, 0.15) is 0 Å². The van der Waals surface area contributed by atoms with E-state index >= 15 is 0 Å². The summed E-state index contributed by atoms with van der Waals surface area (Å²) in [5.74, 6) is 0. The summed E-state index contributed by atoms with van der Waals surface area (Å²) in [7, 11) is 0. The lowest BCUT2D eigenvalue weighted by atomic mass is 10.8. The first-order valence-electron chi connectivity index (χ1n) is 5.15. The van der Waals surface area contributed by atoms with Crippen molar-refractivity contribution in [1.29, 1.82) is 0 Å². The average Bonchev–Trinajstić information content (AvgIpc) is 2.43. The second-order valence-electron chi connectivity index (χ2n) is 2.54. The van der Waals surface area contributed by atoms with Crippen LogP contribution in [-0.2, 0) is 23.7 Å². The molecule has 0 fully saturated rings. The fraction of sp³-hybridized carbons (Fsp3) is 0.167. The molecule has 0 radical (unpaired) electrons.